The van der Waals surface area contributed by atoms with Crippen molar-refractivity contribution in [2.75, 3.05) is 0 Å². The summed E-state index contributed by atoms with van der Waals surface area (Å²) in [5.74, 6) is 0.536. The van der Waals surface area contributed by atoms with Gasteiger partial charge in [0.05, 0.1) is 0 Å². The van der Waals surface area contributed by atoms with E-state index in [9.17, 15) is 10.2 Å². The molecule has 0 spiro atoms. The Morgan fingerprint density at radius 2 is 1.64 bits per heavy atom. The fraction of sp³-hybridized carbons (Fsp3) is 0.200. The summed E-state index contributed by atoms with van der Waals surface area (Å²) in [6.07, 6.45) is 5.66. The monoisotopic (exact) mass is 294 g/mol. The Bertz CT molecular complexity index is 699. The van der Waals surface area contributed by atoms with E-state index in [0.29, 0.717) is 12.8 Å². The highest BCUT2D eigenvalue weighted by Crippen LogP contribution is 2.36. The highest BCUT2D eigenvalue weighted by atomic mass is 16.3. The van der Waals surface area contributed by atoms with Crippen molar-refractivity contribution in [3.05, 3.63) is 72.3 Å². The van der Waals surface area contributed by atoms with Crippen LogP contribution < -0.4 is 0 Å². The number of benzene rings is 2. The lowest BCUT2D eigenvalue weighted by atomic mass is 9.94. The molecule has 0 saturated carbocycles. The van der Waals surface area contributed by atoms with Gasteiger partial charge in [0.2, 0.25) is 0 Å². The van der Waals surface area contributed by atoms with Gasteiger partial charge in [0.15, 0.2) is 0 Å². The molecule has 2 N–H and O–H groups in total. The van der Waals surface area contributed by atoms with E-state index in [1.807, 2.05) is 24.3 Å². The van der Waals surface area contributed by atoms with E-state index in [0.717, 1.165) is 28.7 Å². The van der Waals surface area contributed by atoms with Gasteiger partial charge in [-0.2, -0.15) is 0 Å². The molecule has 2 aromatic rings. The van der Waals surface area contributed by atoms with Gasteiger partial charge in [-0.3, -0.25) is 0 Å². The van der Waals surface area contributed by atoms with Gasteiger partial charge >= 0.3 is 0 Å². The fourth-order valence-corrected chi connectivity index (χ4v) is 2.57. The second-order valence-corrected chi connectivity index (χ2v) is 5.33. The summed E-state index contributed by atoms with van der Waals surface area (Å²) in [5.41, 5.74) is 4.54. The SMILES string of the molecule is C=CCc1cc(-c2cc(CC)cc(CC=C)c2O)ccc1O. The van der Waals surface area contributed by atoms with E-state index in [2.05, 4.69) is 20.1 Å². The van der Waals surface area contributed by atoms with Crippen LogP contribution in [0, 0.1) is 0 Å². The van der Waals surface area contributed by atoms with E-state index < -0.39 is 0 Å². The number of phenols is 2. The quantitative estimate of drug-likeness (QED) is 0.752. The highest BCUT2D eigenvalue weighted by molar-refractivity contribution is 5.74. The largest absolute Gasteiger partial charge is 0.508 e. The molecule has 2 rings (SSSR count). The highest BCUT2D eigenvalue weighted by Gasteiger charge is 2.12. The minimum Gasteiger partial charge on any atom is -0.508 e. The van der Waals surface area contributed by atoms with Gasteiger partial charge in [0.25, 0.3) is 0 Å². The van der Waals surface area contributed by atoms with Crippen LogP contribution in [0.1, 0.15) is 23.6 Å². The number of phenolic OH excluding ortho intramolecular Hbond substituents is 2. The molecule has 0 fully saturated rings. The average molecular weight is 294 g/mol. The Morgan fingerprint density at radius 1 is 0.955 bits per heavy atom. The first-order valence-electron chi connectivity index (χ1n) is 7.49. The molecule has 2 aromatic carbocycles. The number of hydrogen-bond donors (Lipinski definition) is 2. The van der Waals surface area contributed by atoms with Crippen molar-refractivity contribution in [2.45, 2.75) is 26.2 Å². The molecule has 0 aliphatic rings. The molecule has 2 heteroatoms. The van der Waals surface area contributed by atoms with Crippen LogP contribution >= 0.6 is 0 Å². The summed E-state index contributed by atoms with van der Waals surface area (Å²) in [6, 6.07) is 9.42. The van der Waals surface area contributed by atoms with E-state index >= 15 is 0 Å². The summed E-state index contributed by atoms with van der Waals surface area (Å²) in [5, 5.41) is 20.5. The zero-order chi connectivity index (χ0) is 16.1. The molecule has 0 bridgehead atoms. The molecule has 2 nitrogen and oxygen atoms in total. The van der Waals surface area contributed by atoms with Crippen molar-refractivity contribution in [3.63, 3.8) is 0 Å². The predicted octanol–water partition coefficient (Wildman–Crippen LogP) is 4.78. The van der Waals surface area contributed by atoms with Gasteiger partial charge in [-0.1, -0.05) is 31.2 Å². The number of rotatable bonds is 6. The first-order chi connectivity index (χ1) is 10.6. The second kappa shape index (κ2) is 6.99. The van der Waals surface area contributed by atoms with Gasteiger partial charge in [-0.15, -0.1) is 13.2 Å². The summed E-state index contributed by atoms with van der Waals surface area (Å²) in [6.45, 7) is 9.55. The zero-order valence-electron chi connectivity index (χ0n) is 13.0. The van der Waals surface area contributed by atoms with Crippen molar-refractivity contribution >= 4 is 0 Å². The van der Waals surface area contributed by atoms with Gasteiger partial charge in [0.1, 0.15) is 11.5 Å². The maximum absolute atomic E-state index is 10.6. The molecular formula is C20H22O2. The molecule has 0 aromatic heterocycles. The lowest BCUT2D eigenvalue weighted by Gasteiger charge is -2.13. The maximum atomic E-state index is 10.6. The van der Waals surface area contributed by atoms with Crippen molar-refractivity contribution in [3.8, 4) is 22.6 Å². The van der Waals surface area contributed by atoms with Crippen LogP contribution in [0.5, 0.6) is 11.5 Å². The van der Waals surface area contributed by atoms with Crippen LogP contribution in [0.2, 0.25) is 0 Å². The van der Waals surface area contributed by atoms with Gasteiger partial charge < -0.3 is 10.2 Å². The van der Waals surface area contributed by atoms with Crippen LogP contribution in [-0.4, -0.2) is 10.2 Å². The smallest absolute Gasteiger partial charge is 0.126 e. The zero-order valence-corrected chi connectivity index (χ0v) is 13.0. The molecule has 22 heavy (non-hydrogen) atoms. The summed E-state index contributed by atoms with van der Waals surface area (Å²) >= 11 is 0. The average Bonchev–Trinajstić information content (AvgIpc) is 2.52. The second-order valence-electron chi connectivity index (χ2n) is 5.33. The first-order valence-corrected chi connectivity index (χ1v) is 7.49. The van der Waals surface area contributed by atoms with Crippen LogP contribution in [0.3, 0.4) is 0 Å². The van der Waals surface area contributed by atoms with Crippen LogP contribution in [0.4, 0.5) is 0 Å². The normalized spacial score (nSPS) is 10.4. The number of hydrogen-bond acceptors (Lipinski definition) is 2. The minimum atomic E-state index is 0.251. The molecule has 0 aliphatic heterocycles. The maximum Gasteiger partial charge on any atom is 0.126 e. The molecule has 0 saturated heterocycles. The Labute approximate surface area is 132 Å². The Balaban J connectivity index is 2.60. The molecular weight excluding hydrogens is 272 g/mol. The van der Waals surface area contributed by atoms with Crippen LogP contribution in [-0.2, 0) is 19.3 Å². The van der Waals surface area contributed by atoms with Crippen molar-refractivity contribution in [2.24, 2.45) is 0 Å². The first kappa shape index (κ1) is 15.9. The third kappa shape index (κ3) is 3.22. The van der Waals surface area contributed by atoms with Crippen molar-refractivity contribution in [1.29, 1.82) is 0 Å². The Hall–Kier alpha value is -2.48. The summed E-state index contributed by atoms with van der Waals surface area (Å²) in [4.78, 5) is 0. The summed E-state index contributed by atoms with van der Waals surface area (Å²) < 4.78 is 0. The van der Waals surface area contributed by atoms with Crippen molar-refractivity contribution in [1.82, 2.24) is 0 Å². The fourth-order valence-electron chi connectivity index (χ4n) is 2.57. The molecule has 0 aliphatic carbocycles. The molecule has 0 amide bonds. The number of aryl methyl sites for hydroxylation is 1. The van der Waals surface area contributed by atoms with Gasteiger partial charge in [0, 0.05) is 5.56 Å². The predicted molar refractivity (Wildman–Crippen MR) is 92.4 cm³/mol. The van der Waals surface area contributed by atoms with Gasteiger partial charge in [-0.05, 0) is 59.7 Å². The molecule has 114 valence electrons. The van der Waals surface area contributed by atoms with Crippen molar-refractivity contribution < 1.29 is 10.2 Å². The molecule has 0 unspecified atom stereocenters. The van der Waals surface area contributed by atoms with E-state index in [-0.39, 0.29) is 11.5 Å². The lowest BCUT2D eigenvalue weighted by Crippen LogP contribution is -1.92. The van der Waals surface area contributed by atoms with Gasteiger partial charge in [-0.25, -0.2) is 0 Å². The molecule has 0 atom stereocenters. The number of aromatic hydroxyl groups is 2. The third-order valence-electron chi connectivity index (χ3n) is 3.78. The number of allylic oxidation sites excluding steroid dienone is 2. The van der Waals surface area contributed by atoms with E-state index in [4.69, 9.17) is 0 Å². The summed E-state index contributed by atoms with van der Waals surface area (Å²) in [7, 11) is 0. The molecule has 0 radical (unpaired) electrons. The Kier molecular flexibility index (Phi) is 5.05. The van der Waals surface area contributed by atoms with E-state index in [1.54, 1.807) is 18.2 Å². The van der Waals surface area contributed by atoms with E-state index in [1.165, 1.54) is 5.56 Å². The topological polar surface area (TPSA) is 40.5 Å². The lowest BCUT2D eigenvalue weighted by molar-refractivity contribution is 0.468. The van der Waals surface area contributed by atoms with Crippen LogP contribution in [0.15, 0.2) is 55.6 Å². The van der Waals surface area contributed by atoms with Crippen LogP contribution in [0.25, 0.3) is 11.1 Å². The third-order valence-corrected chi connectivity index (χ3v) is 3.78. The minimum absolute atomic E-state index is 0.251. The molecule has 0 heterocycles. The Morgan fingerprint density at radius 3 is 2.27 bits per heavy atom. The standard InChI is InChI=1S/C20H22O2/c1-4-7-16-13-15(9-10-19(16)21)18-12-14(6-3)11-17(8-5-2)20(18)22/h4-5,9-13,21-22H,1-2,6-8H2,3H3.